The molecule has 0 radical (unpaired) electrons. The molecule has 2 amide bonds. The fourth-order valence-corrected chi connectivity index (χ4v) is 4.40. The lowest BCUT2D eigenvalue weighted by atomic mass is 9.86. The van der Waals surface area contributed by atoms with Crippen molar-refractivity contribution < 1.29 is 14.7 Å². The van der Waals surface area contributed by atoms with Crippen LogP contribution in [0.2, 0.25) is 0 Å². The number of rotatable bonds is 6. The molecule has 4 rings (SSSR count). The van der Waals surface area contributed by atoms with Crippen LogP contribution in [0.1, 0.15) is 45.5 Å². The van der Waals surface area contributed by atoms with Crippen molar-refractivity contribution in [1.82, 2.24) is 30.2 Å². The molecule has 1 saturated heterocycles. The summed E-state index contributed by atoms with van der Waals surface area (Å²) in [6, 6.07) is 7.70. The predicted octanol–water partition coefficient (Wildman–Crippen LogP) is 4.64. The van der Waals surface area contributed by atoms with Gasteiger partial charge in [0.15, 0.2) is 0 Å². The number of hydrogen-bond acceptors (Lipinski definition) is 5. The molecule has 1 fully saturated rings. The normalized spacial score (nSPS) is 17.6. The molecule has 3 heterocycles. The first kappa shape index (κ1) is 23.9. The maximum Gasteiger partial charge on any atom is 0.405 e. The lowest BCUT2D eigenvalue weighted by Crippen LogP contribution is -2.60. The van der Waals surface area contributed by atoms with Gasteiger partial charge in [0.25, 0.3) is 0 Å². The molecule has 3 N–H and O–H groups in total. The molecule has 2 aromatic heterocycles. The fourth-order valence-electron chi connectivity index (χ4n) is 4.19. The molecule has 0 bridgehead atoms. The molecule has 1 unspecified atom stereocenters. The second-order valence-electron chi connectivity index (χ2n) is 8.93. The highest BCUT2D eigenvalue weighted by atomic mass is 79.9. The highest BCUT2D eigenvalue weighted by molar-refractivity contribution is 9.10. The van der Waals surface area contributed by atoms with E-state index in [0.29, 0.717) is 17.0 Å². The average Bonchev–Trinajstić information content (AvgIpc) is 3.48. The SMILES string of the molecule is CC(C)C(C)(NC(=O)O)C(=O)N1CCC[C@H]1c1ncc(-c2ccc(-c3cnc(Br)cn3)cc2)[nH]1. The van der Waals surface area contributed by atoms with E-state index in [-0.39, 0.29) is 17.9 Å². The third-order valence-corrected chi connectivity index (χ3v) is 6.91. The van der Waals surface area contributed by atoms with E-state index in [9.17, 15) is 14.7 Å². The first-order valence-electron chi connectivity index (χ1n) is 11.1. The summed E-state index contributed by atoms with van der Waals surface area (Å²) in [5, 5.41) is 11.7. The summed E-state index contributed by atoms with van der Waals surface area (Å²) in [6.07, 6.45) is 5.52. The maximum atomic E-state index is 13.4. The third-order valence-electron chi connectivity index (χ3n) is 6.50. The molecular formula is C24H27BrN6O3. The van der Waals surface area contributed by atoms with E-state index in [1.807, 2.05) is 38.1 Å². The quantitative estimate of drug-likeness (QED) is 0.429. The number of imidazole rings is 1. The number of benzene rings is 1. The van der Waals surface area contributed by atoms with Crippen molar-refractivity contribution in [1.29, 1.82) is 0 Å². The van der Waals surface area contributed by atoms with Crippen molar-refractivity contribution in [3.8, 4) is 22.5 Å². The van der Waals surface area contributed by atoms with Gasteiger partial charge in [-0.05, 0) is 47.2 Å². The monoisotopic (exact) mass is 526 g/mol. The van der Waals surface area contributed by atoms with Crippen LogP contribution < -0.4 is 5.32 Å². The van der Waals surface area contributed by atoms with Crippen LogP contribution in [0.25, 0.3) is 22.5 Å². The molecule has 1 aromatic carbocycles. The van der Waals surface area contributed by atoms with Gasteiger partial charge in [-0.2, -0.15) is 0 Å². The van der Waals surface area contributed by atoms with Crippen molar-refractivity contribution in [2.24, 2.45) is 5.92 Å². The number of nitrogens with one attached hydrogen (secondary N) is 2. The molecule has 2 atom stereocenters. The van der Waals surface area contributed by atoms with Crippen molar-refractivity contribution in [3.63, 3.8) is 0 Å². The molecule has 1 aliphatic heterocycles. The molecular weight excluding hydrogens is 500 g/mol. The molecule has 1 aliphatic rings. The van der Waals surface area contributed by atoms with Crippen LogP contribution in [0.5, 0.6) is 0 Å². The highest BCUT2D eigenvalue weighted by Gasteiger charge is 2.45. The summed E-state index contributed by atoms with van der Waals surface area (Å²) in [4.78, 5) is 43.1. The van der Waals surface area contributed by atoms with Crippen LogP contribution in [0, 0.1) is 5.92 Å². The Kier molecular flexibility index (Phi) is 6.70. The van der Waals surface area contributed by atoms with Crippen molar-refractivity contribution in [2.75, 3.05) is 6.54 Å². The van der Waals surface area contributed by atoms with Gasteiger partial charge in [0, 0.05) is 12.1 Å². The Bertz CT molecular complexity index is 1180. The van der Waals surface area contributed by atoms with Gasteiger partial charge in [0.2, 0.25) is 5.91 Å². The summed E-state index contributed by atoms with van der Waals surface area (Å²) in [7, 11) is 0. The Hall–Kier alpha value is -3.27. The molecule has 3 aromatic rings. The van der Waals surface area contributed by atoms with Gasteiger partial charge in [-0.25, -0.2) is 14.8 Å². The zero-order valence-electron chi connectivity index (χ0n) is 19.2. The minimum Gasteiger partial charge on any atom is -0.465 e. The third kappa shape index (κ3) is 4.68. The Balaban J connectivity index is 1.54. The predicted molar refractivity (Wildman–Crippen MR) is 131 cm³/mol. The number of aromatic amines is 1. The summed E-state index contributed by atoms with van der Waals surface area (Å²) in [6.45, 7) is 5.89. The number of carboxylic acid groups (broad SMARTS) is 1. The van der Waals surface area contributed by atoms with E-state index in [1.54, 1.807) is 30.4 Å². The molecule has 34 heavy (non-hydrogen) atoms. The maximum absolute atomic E-state index is 13.4. The number of likely N-dealkylation sites (tertiary alicyclic amines) is 1. The Morgan fingerprint density at radius 1 is 1.15 bits per heavy atom. The van der Waals surface area contributed by atoms with Gasteiger partial charge in [0.05, 0.1) is 36.0 Å². The van der Waals surface area contributed by atoms with Crippen LogP contribution in [0.4, 0.5) is 4.79 Å². The van der Waals surface area contributed by atoms with Gasteiger partial charge in [0.1, 0.15) is 16.0 Å². The highest BCUT2D eigenvalue weighted by Crippen LogP contribution is 2.35. The first-order chi connectivity index (χ1) is 16.2. The van der Waals surface area contributed by atoms with Crippen LogP contribution in [-0.2, 0) is 4.79 Å². The summed E-state index contributed by atoms with van der Waals surface area (Å²) < 4.78 is 0.685. The van der Waals surface area contributed by atoms with Crippen molar-refractivity contribution in [3.05, 3.63) is 53.3 Å². The lowest BCUT2D eigenvalue weighted by Gasteiger charge is -2.37. The minimum absolute atomic E-state index is 0.210. The number of aromatic nitrogens is 4. The number of amides is 2. The fraction of sp³-hybridized carbons (Fsp3) is 0.375. The van der Waals surface area contributed by atoms with Gasteiger partial charge in [-0.3, -0.25) is 9.78 Å². The van der Waals surface area contributed by atoms with Crippen LogP contribution in [0.3, 0.4) is 0 Å². The largest absolute Gasteiger partial charge is 0.465 e. The van der Waals surface area contributed by atoms with Gasteiger partial charge >= 0.3 is 6.09 Å². The number of H-pyrrole nitrogens is 1. The van der Waals surface area contributed by atoms with E-state index >= 15 is 0 Å². The molecule has 9 nitrogen and oxygen atoms in total. The van der Waals surface area contributed by atoms with E-state index in [0.717, 1.165) is 35.4 Å². The molecule has 0 spiro atoms. The van der Waals surface area contributed by atoms with Gasteiger partial charge < -0.3 is 20.3 Å². The first-order valence-corrected chi connectivity index (χ1v) is 11.9. The summed E-state index contributed by atoms with van der Waals surface area (Å²) >= 11 is 3.29. The Morgan fingerprint density at radius 3 is 2.47 bits per heavy atom. The summed E-state index contributed by atoms with van der Waals surface area (Å²) in [5.41, 5.74) is 2.33. The molecule has 10 heteroatoms. The van der Waals surface area contributed by atoms with Crippen LogP contribution in [-0.4, -0.2) is 54.0 Å². The zero-order chi connectivity index (χ0) is 24.5. The zero-order valence-corrected chi connectivity index (χ0v) is 20.8. The smallest absolute Gasteiger partial charge is 0.405 e. The van der Waals surface area contributed by atoms with E-state index < -0.39 is 11.6 Å². The van der Waals surface area contributed by atoms with E-state index in [2.05, 4.69) is 41.2 Å². The van der Waals surface area contributed by atoms with Gasteiger partial charge in [-0.1, -0.05) is 38.1 Å². The molecule has 0 saturated carbocycles. The summed E-state index contributed by atoms with van der Waals surface area (Å²) in [5.74, 6) is 0.258. The topological polar surface area (TPSA) is 124 Å². The number of carbonyl (C=O) groups excluding carboxylic acids is 1. The molecule has 0 aliphatic carbocycles. The number of carbonyl (C=O) groups is 2. The number of nitrogens with zero attached hydrogens (tertiary/aromatic N) is 4. The standard InChI is InChI=1S/C24H27BrN6O3/c1-14(2)24(3,30-23(33)34)22(32)31-10-4-5-19(31)21-28-12-18(29-21)16-8-6-15(7-9-16)17-11-27-20(25)13-26-17/h6-9,11-14,19,30H,4-5,10H2,1-3H3,(H,28,29)(H,33,34)/t19-,24?/m0/s1. The van der Waals surface area contributed by atoms with E-state index in [1.165, 1.54) is 0 Å². The van der Waals surface area contributed by atoms with Crippen molar-refractivity contribution >= 4 is 27.9 Å². The number of hydrogen-bond donors (Lipinski definition) is 3. The molecule has 178 valence electrons. The average molecular weight is 527 g/mol. The Labute approximate surface area is 206 Å². The van der Waals surface area contributed by atoms with Crippen LogP contribution in [0.15, 0.2) is 47.5 Å². The number of halogens is 1. The van der Waals surface area contributed by atoms with Crippen molar-refractivity contribution in [2.45, 2.75) is 45.2 Å². The van der Waals surface area contributed by atoms with Gasteiger partial charge in [-0.15, -0.1) is 0 Å². The second kappa shape index (κ2) is 9.54. The second-order valence-corrected chi connectivity index (χ2v) is 9.74. The Morgan fingerprint density at radius 2 is 1.85 bits per heavy atom. The minimum atomic E-state index is -1.21. The van der Waals surface area contributed by atoms with Crippen LogP contribution >= 0.6 is 15.9 Å². The van der Waals surface area contributed by atoms with E-state index in [4.69, 9.17) is 0 Å². The lowest BCUT2D eigenvalue weighted by molar-refractivity contribution is -0.140.